The highest BCUT2D eigenvalue weighted by molar-refractivity contribution is 5.84. The maximum absolute atomic E-state index is 11.6. The van der Waals surface area contributed by atoms with E-state index in [0.29, 0.717) is 11.7 Å². The molecule has 14 heavy (non-hydrogen) atoms. The molecule has 0 radical (unpaired) electrons. The number of hydrogen-bond donors (Lipinski definition) is 0. The normalized spacial score (nSPS) is 11.7. The Kier molecular flexibility index (Phi) is 3.03. The molecule has 0 aliphatic rings. The summed E-state index contributed by atoms with van der Waals surface area (Å²) in [5.74, 6) is 1.19. The fourth-order valence-corrected chi connectivity index (χ4v) is 0.908. The third-order valence-electron chi connectivity index (χ3n) is 1.97. The number of Topliss-reactive ketones (excluding diaryl/α,β-unsaturated/α-hetero) is 1. The van der Waals surface area contributed by atoms with Crippen molar-refractivity contribution in [3.8, 4) is 0 Å². The van der Waals surface area contributed by atoms with Crippen molar-refractivity contribution in [2.75, 3.05) is 0 Å². The summed E-state index contributed by atoms with van der Waals surface area (Å²) in [5, 5.41) is 3.73. The van der Waals surface area contributed by atoms with Crippen LogP contribution in [0.3, 0.4) is 0 Å². The molecule has 0 saturated carbocycles. The minimum atomic E-state index is -0.346. The standard InChI is InChI=1S/C10H16N2O2/c1-5-8-11-9(14-12-8)6-7(13)10(2,3)4/h5-6H2,1-4H3. The highest BCUT2D eigenvalue weighted by atomic mass is 16.5. The molecule has 0 aliphatic carbocycles. The summed E-state index contributed by atoms with van der Waals surface area (Å²) in [4.78, 5) is 15.7. The van der Waals surface area contributed by atoms with Gasteiger partial charge < -0.3 is 4.52 Å². The van der Waals surface area contributed by atoms with Crippen LogP contribution in [0.1, 0.15) is 39.4 Å². The second kappa shape index (κ2) is 3.90. The van der Waals surface area contributed by atoms with Crippen molar-refractivity contribution >= 4 is 5.78 Å². The van der Waals surface area contributed by atoms with Crippen LogP contribution in [-0.2, 0) is 17.6 Å². The zero-order chi connectivity index (χ0) is 10.8. The third kappa shape index (κ3) is 2.65. The van der Waals surface area contributed by atoms with E-state index in [4.69, 9.17) is 4.52 Å². The Morgan fingerprint density at radius 3 is 2.50 bits per heavy atom. The number of ketones is 1. The fraction of sp³-hybridized carbons (Fsp3) is 0.700. The Morgan fingerprint density at radius 2 is 2.07 bits per heavy atom. The van der Waals surface area contributed by atoms with Crippen LogP contribution in [0.15, 0.2) is 4.52 Å². The molecule has 0 spiro atoms. The number of aryl methyl sites for hydroxylation is 1. The first-order valence-corrected chi connectivity index (χ1v) is 4.78. The third-order valence-corrected chi connectivity index (χ3v) is 1.97. The van der Waals surface area contributed by atoms with Crippen LogP contribution >= 0.6 is 0 Å². The van der Waals surface area contributed by atoms with Crippen LogP contribution < -0.4 is 0 Å². The van der Waals surface area contributed by atoms with Gasteiger partial charge in [0.15, 0.2) is 5.82 Å². The summed E-state index contributed by atoms with van der Waals surface area (Å²) in [6.45, 7) is 7.59. The molecular weight excluding hydrogens is 180 g/mol. The molecule has 0 aliphatic heterocycles. The number of nitrogens with zero attached hydrogens (tertiary/aromatic N) is 2. The zero-order valence-electron chi connectivity index (χ0n) is 9.13. The molecule has 0 unspecified atom stereocenters. The monoisotopic (exact) mass is 196 g/mol. The zero-order valence-corrected chi connectivity index (χ0v) is 9.13. The number of hydrogen-bond acceptors (Lipinski definition) is 4. The lowest BCUT2D eigenvalue weighted by Gasteiger charge is -2.14. The van der Waals surface area contributed by atoms with Crippen LogP contribution in [0.2, 0.25) is 0 Å². The van der Waals surface area contributed by atoms with E-state index >= 15 is 0 Å². The molecule has 0 aromatic carbocycles. The van der Waals surface area contributed by atoms with Gasteiger partial charge in [0.2, 0.25) is 5.89 Å². The average molecular weight is 196 g/mol. The van der Waals surface area contributed by atoms with E-state index < -0.39 is 0 Å². The maximum atomic E-state index is 11.6. The van der Waals surface area contributed by atoms with E-state index in [9.17, 15) is 4.79 Å². The molecule has 1 heterocycles. The van der Waals surface area contributed by atoms with E-state index in [1.807, 2.05) is 27.7 Å². The molecule has 1 rings (SSSR count). The summed E-state index contributed by atoms with van der Waals surface area (Å²) in [5.41, 5.74) is -0.346. The molecule has 0 fully saturated rings. The first kappa shape index (κ1) is 10.9. The first-order chi connectivity index (χ1) is 6.43. The van der Waals surface area contributed by atoms with Crippen LogP contribution in [0.5, 0.6) is 0 Å². The molecule has 0 N–H and O–H groups in total. The van der Waals surface area contributed by atoms with Gasteiger partial charge in [0.05, 0.1) is 6.42 Å². The quantitative estimate of drug-likeness (QED) is 0.739. The van der Waals surface area contributed by atoms with Crippen molar-refractivity contribution in [3.63, 3.8) is 0 Å². The number of rotatable bonds is 3. The van der Waals surface area contributed by atoms with Gasteiger partial charge in [-0.1, -0.05) is 32.9 Å². The minimum absolute atomic E-state index is 0.115. The van der Waals surface area contributed by atoms with Gasteiger partial charge in [0.1, 0.15) is 5.78 Å². The van der Waals surface area contributed by atoms with Gasteiger partial charge >= 0.3 is 0 Å². The van der Waals surface area contributed by atoms with Crippen molar-refractivity contribution in [3.05, 3.63) is 11.7 Å². The molecule has 4 heteroatoms. The Labute approximate surface area is 83.7 Å². The number of aromatic nitrogens is 2. The molecule has 1 aromatic rings. The van der Waals surface area contributed by atoms with Gasteiger partial charge in [-0.05, 0) is 0 Å². The lowest BCUT2D eigenvalue weighted by atomic mass is 9.89. The van der Waals surface area contributed by atoms with E-state index in [2.05, 4.69) is 10.1 Å². The maximum Gasteiger partial charge on any atom is 0.234 e. The van der Waals surface area contributed by atoms with Crippen LogP contribution in [0, 0.1) is 5.41 Å². The summed E-state index contributed by atoms with van der Waals surface area (Å²) >= 11 is 0. The largest absolute Gasteiger partial charge is 0.339 e. The molecule has 0 saturated heterocycles. The van der Waals surface area contributed by atoms with Crippen LogP contribution in [0.4, 0.5) is 0 Å². The Bertz CT molecular complexity index is 323. The van der Waals surface area contributed by atoms with Gasteiger partial charge in [0, 0.05) is 11.8 Å². The second-order valence-corrected chi connectivity index (χ2v) is 4.31. The van der Waals surface area contributed by atoms with Gasteiger partial charge in [-0.25, -0.2) is 0 Å². The van der Waals surface area contributed by atoms with Crippen molar-refractivity contribution < 1.29 is 9.32 Å². The Balaban J connectivity index is 2.65. The van der Waals surface area contributed by atoms with Crippen molar-refractivity contribution in [1.29, 1.82) is 0 Å². The highest BCUT2D eigenvalue weighted by Crippen LogP contribution is 2.17. The smallest absolute Gasteiger partial charge is 0.234 e. The summed E-state index contributed by atoms with van der Waals surface area (Å²) in [6.07, 6.45) is 0.962. The lowest BCUT2D eigenvalue weighted by molar-refractivity contribution is -0.125. The van der Waals surface area contributed by atoms with Crippen molar-refractivity contribution in [2.45, 2.75) is 40.5 Å². The van der Waals surface area contributed by atoms with Crippen LogP contribution in [0.25, 0.3) is 0 Å². The van der Waals surface area contributed by atoms with E-state index in [1.54, 1.807) is 0 Å². The average Bonchev–Trinajstić information content (AvgIpc) is 2.50. The predicted octanol–water partition coefficient (Wildman–Crippen LogP) is 1.79. The summed E-state index contributed by atoms with van der Waals surface area (Å²) in [6, 6.07) is 0. The summed E-state index contributed by atoms with van der Waals surface area (Å²) < 4.78 is 4.94. The first-order valence-electron chi connectivity index (χ1n) is 4.78. The molecule has 0 atom stereocenters. The molecule has 4 nitrogen and oxygen atoms in total. The van der Waals surface area contributed by atoms with Crippen LogP contribution in [-0.4, -0.2) is 15.9 Å². The van der Waals surface area contributed by atoms with Gasteiger partial charge in [-0.3, -0.25) is 4.79 Å². The minimum Gasteiger partial charge on any atom is -0.339 e. The highest BCUT2D eigenvalue weighted by Gasteiger charge is 2.23. The molecule has 78 valence electrons. The van der Waals surface area contributed by atoms with Crippen molar-refractivity contribution in [1.82, 2.24) is 10.1 Å². The fourth-order valence-electron chi connectivity index (χ4n) is 0.908. The lowest BCUT2D eigenvalue weighted by Crippen LogP contribution is -2.22. The van der Waals surface area contributed by atoms with Gasteiger partial charge in [-0.2, -0.15) is 4.98 Å². The topological polar surface area (TPSA) is 56.0 Å². The Hall–Kier alpha value is -1.19. The number of carbonyl (C=O) groups excluding carboxylic acids is 1. The van der Waals surface area contributed by atoms with Gasteiger partial charge in [0.25, 0.3) is 0 Å². The molecule has 0 amide bonds. The van der Waals surface area contributed by atoms with E-state index in [1.165, 1.54) is 0 Å². The molecule has 0 bridgehead atoms. The van der Waals surface area contributed by atoms with E-state index in [-0.39, 0.29) is 17.6 Å². The summed E-state index contributed by atoms with van der Waals surface area (Å²) in [7, 11) is 0. The SMILES string of the molecule is CCc1noc(CC(=O)C(C)(C)C)n1. The molecule has 1 aromatic heterocycles. The van der Waals surface area contributed by atoms with Gasteiger partial charge in [-0.15, -0.1) is 0 Å². The second-order valence-electron chi connectivity index (χ2n) is 4.31. The van der Waals surface area contributed by atoms with E-state index in [0.717, 1.165) is 6.42 Å². The molecular formula is C10H16N2O2. The predicted molar refractivity (Wildman–Crippen MR) is 51.8 cm³/mol. The Morgan fingerprint density at radius 1 is 1.43 bits per heavy atom. The van der Waals surface area contributed by atoms with Crippen molar-refractivity contribution in [2.24, 2.45) is 5.41 Å². The number of carbonyl (C=O) groups is 1.